The summed E-state index contributed by atoms with van der Waals surface area (Å²) in [5.74, 6) is 1.29. The molecule has 0 aliphatic carbocycles. The maximum atomic E-state index is 9.20. The molecule has 0 fully saturated rings. The summed E-state index contributed by atoms with van der Waals surface area (Å²) in [5, 5.41) is 12.4. The summed E-state index contributed by atoms with van der Waals surface area (Å²) in [4.78, 5) is 16.4. The van der Waals surface area contributed by atoms with E-state index in [-0.39, 0.29) is 17.4 Å². The van der Waals surface area contributed by atoms with Gasteiger partial charge in [0.05, 0.1) is 17.9 Å². The van der Waals surface area contributed by atoms with Gasteiger partial charge < -0.3 is 15.6 Å². The van der Waals surface area contributed by atoms with Crippen LogP contribution in [0, 0.1) is 11.3 Å². The lowest BCUT2D eigenvalue weighted by Crippen LogP contribution is -2.15. The van der Waals surface area contributed by atoms with Crippen LogP contribution in [-0.4, -0.2) is 24.5 Å². The number of nitrogens with two attached hydrogens (primary N) is 1. The zero-order chi connectivity index (χ0) is 16.2. The Morgan fingerprint density at radius 1 is 1.30 bits per heavy atom. The van der Waals surface area contributed by atoms with Crippen molar-refractivity contribution in [2.45, 2.75) is 13.0 Å². The number of aromatic nitrogens is 5. The average Bonchev–Trinajstić information content (AvgIpc) is 3.06. The molecule has 3 rings (SSSR count). The van der Waals surface area contributed by atoms with E-state index >= 15 is 0 Å². The molecule has 0 aromatic carbocycles. The van der Waals surface area contributed by atoms with E-state index in [1.165, 1.54) is 6.33 Å². The van der Waals surface area contributed by atoms with Gasteiger partial charge >= 0.3 is 0 Å². The lowest BCUT2D eigenvalue weighted by molar-refractivity contribution is 0.758. The van der Waals surface area contributed by atoms with Gasteiger partial charge in [-0.2, -0.15) is 5.26 Å². The number of imidazole rings is 1. The minimum atomic E-state index is -0.202. The third kappa shape index (κ3) is 2.80. The summed E-state index contributed by atoms with van der Waals surface area (Å²) in [6.07, 6.45) is 8.34. The second-order valence-corrected chi connectivity index (χ2v) is 4.83. The number of nitrogens with zero attached hydrogens (tertiary/aromatic N) is 6. The molecule has 3 aromatic rings. The number of anilines is 2. The second-order valence-electron chi connectivity index (χ2n) is 4.83. The Bertz CT molecular complexity index is 849. The van der Waals surface area contributed by atoms with Crippen LogP contribution < -0.4 is 11.1 Å². The summed E-state index contributed by atoms with van der Waals surface area (Å²) in [6.45, 7) is 1.93. The highest BCUT2D eigenvalue weighted by Crippen LogP contribution is 2.23. The highest BCUT2D eigenvalue weighted by molar-refractivity contribution is 5.62. The van der Waals surface area contributed by atoms with E-state index in [1.807, 2.05) is 35.9 Å². The maximum absolute atomic E-state index is 9.20. The topological polar surface area (TPSA) is 118 Å². The lowest BCUT2D eigenvalue weighted by atomic mass is 10.2. The van der Waals surface area contributed by atoms with Gasteiger partial charge in [0, 0.05) is 18.6 Å². The average molecular weight is 306 g/mol. The Hall–Kier alpha value is -3.47. The van der Waals surface area contributed by atoms with Crippen molar-refractivity contribution >= 4 is 11.6 Å². The second kappa shape index (κ2) is 6.11. The van der Waals surface area contributed by atoms with Crippen LogP contribution in [0.1, 0.15) is 24.4 Å². The zero-order valence-corrected chi connectivity index (χ0v) is 12.4. The molecule has 8 heteroatoms. The minimum Gasteiger partial charge on any atom is -0.382 e. The normalized spacial score (nSPS) is 11.7. The van der Waals surface area contributed by atoms with Crippen LogP contribution in [0.2, 0.25) is 0 Å². The first-order valence-corrected chi connectivity index (χ1v) is 6.91. The van der Waals surface area contributed by atoms with Crippen LogP contribution >= 0.6 is 0 Å². The molecule has 3 aromatic heterocycles. The smallest absolute Gasteiger partial charge is 0.150 e. The fourth-order valence-electron chi connectivity index (χ4n) is 2.24. The molecule has 0 saturated heterocycles. The van der Waals surface area contributed by atoms with Gasteiger partial charge in [0.15, 0.2) is 0 Å². The molecule has 0 aliphatic rings. The number of rotatable bonds is 4. The van der Waals surface area contributed by atoms with Gasteiger partial charge in [-0.15, -0.1) is 0 Å². The summed E-state index contributed by atoms with van der Waals surface area (Å²) in [5.41, 5.74) is 6.83. The van der Waals surface area contributed by atoms with Gasteiger partial charge in [-0.25, -0.2) is 15.0 Å². The first kappa shape index (κ1) is 14.5. The van der Waals surface area contributed by atoms with Gasteiger partial charge in [0.25, 0.3) is 0 Å². The van der Waals surface area contributed by atoms with Crippen LogP contribution in [0.15, 0.2) is 43.2 Å². The van der Waals surface area contributed by atoms with Gasteiger partial charge in [-0.05, 0) is 19.1 Å². The third-order valence-corrected chi connectivity index (χ3v) is 3.32. The molecule has 8 nitrogen and oxygen atoms in total. The zero-order valence-electron chi connectivity index (χ0n) is 12.4. The predicted molar refractivity (Wildman–Crippen MR) is 84.6 cm³/mol. The molecular formula is C15H14N8. The quantitative estimate of drug-likeness (QED) is 0.752. The van der Waals surface area contributed by atoms with Crippen LogP contribution in [0.5, 0.6) is 0 Å². The maximum Gasteiger partial charge on any atom is 0.150 e. The number of nitriles is 1. The van der Waals surface area contributed by atoms with E-state index in [9.17, 15) is 5.26 Å². The SMILES string of the molecule is C[C@H](Nc1ncnc(N)c1C#N)c1nccn1-c1cccnc1. The molecule has 0 unspecified atom stereocenters. The van der Waals surface area contributed by atoms with E-state index in [4.69, 9.17) is 5.73 Å². The minimum absolute atomic E-state index is 0.146. The Kier molecular flexibility index (Phi) is 3.84. The van der Waals surface area contributed by atoms with Gasteiger partial charge in [-0.1, -0.05) is 0 Å². The van der Waals surface area contributed by atoms with Crippen molar-refractivity contribution in [2.24, 2.45) is 0 Å². The molecule has 0 spiro atoms. The number of pyridine rings is 1. The molecule has 3 heterocycles. The van der Waals surface area contributed by atoms with Crippen molar-refractivity contribution in [3.8, 4) is 11.8 Å². The standard InChI is InChI=1S/C15H14N8/c1-10(22-14-12(7-16)13(17)20-9-21-14)15-19-5-6-23(15)11-3-2-4-18-8-11/h2-6,8-10H,1H3,(H3,17,20,21,22)/t10-/m0/s1. The highest BCUT2D eigenvalue weighted by atomic mass is 15.1. The number of nitrogen functional groups attached to an aromatic ring is 1. The fourth-order valence-corrected chi connectivity index (χ4v) is 2.24. The van der Waals surface area contributed by atoms with Crippen LogP contribution in [0.25, 0.3) is 5.69 Å². The van der Waals surface area contributed by atoms with Crippen LogP contribution in [0.4, 0.5) is 11.6 Å². The molecule has 23 heavy (non-hydrogen) atoms. The Balaban J connectivity index is 1.92. The third-order valence-electron chi connectivity index (χ3n) is 3.32. The Morgan fingerprint density at radius 2 is 2.17 bits per heavy atom. The monoisotopic (exact) mass is 306 g/mol. The summed E-state index contributed by atoms with van der Waals surface area (Å²) in [7, 11) is 0. The summed E-state index contributed by atoms with van der Waals surface area (Å²) >= 11 is 0. The van der Waals surface area contributed by atoms with Crippen molar-refractivity contribution in [1.29, 1.82) is 5.26 Å². The van der Waals surface area contributed by atoms with Gasteiger partial charge in [-0.3, -0.25) is 4.98 Å². The summed E-state index contributed by atoms with van der Waals surface area (Å²) in [6, 6.07) is 5.60. The lowest BCUT2D eigenvalue weighted by Gasteiger charge is -2.17. The summed E-state index contributed by atoms with van der Waals surface area (Å²) < 4.78 is 1.92. The van der Waals surface area contributed by atoms with E-state index in [1.54, 1.807) is 18.6 Å². The number of nitrogens with one attached hydrogen (secondary N) is 1. The molecule has 0 saturated carbocycles. The van der Waals surface area contributed by atoms with Crippen molar-refractivity contribution in [1.82, 2.24) is 24.5 Å². The molecule has 0 amide bonds. The molecule has 1 atom stereocenters. The molecule has 0 aliphatic heterocycles. The number of hydrogen-bond acceptors (Lipinski definition) is 7. The number of hydrogen-bond donors (Lipinski definition) is 2. The van der Waals surface area contributed by atoms with E-state index in [0.717, 1.165) is 11.5 Å². The van der Waals surface area contributed by atoms with Crippen molar-refractivity contribution < 1.29 is 0 Å². The molecule has 3 N–H and O–H groups in total. The Morgan fingerprint density at radius 3 is 2.91 bits per heavy atom. The van der Waals surface area contributed by atoms with Gasteiger partial charge in [0.1, 0.15) is 35.4 Å². The fraction of sp³-hybridized carbons (Fsp3) is 0.133. The van der Waals surface area contributed by atoms with Crippen LogP contribution in [0.3, 0.4) is 0 Å². The molecular weight excluding hydrogens is 292 g/mol. The molecule has 0 radical (unpaired) electrons. The van der Waals surface area contributed by atoms with Crippen molar-refractivity contribution in [3.63, 3.8) is 0 Å². The predicted octanol–water partition coefficient (Wildman–Crippen LogP) is 1.68. The first-order valence-electron chi connectivity index (χ1n) is 6.91. The van der Waals surface area contributed by atoms with E-state index in [0.29, 0.717) is 5.82 Å². The largest absolute Gasteiger partial charge is 0.382 e. The van der Waals surface area contributed by atoms with Crippen molar-refractivity contribution in [2.75, 3.05) is 11.1 Å². The highest BCUT2D eigenvalue weighted by Gasteiger charge is 2.16. The molecule has 0 bridgehead atoms. The van der Waals surface area contributed by atoms with Crippen molar-refractivity contribution in [3.05, 3.63) is 54.6 Å². The first-order chi connectivity index (χ1) is 11.2. The Labute approximate surface area is 132 Å². The van der Waals surface area contributed by atoms with E-state index < -0.39 is 0 Å². The van der Waals surface area contributed by atoms with Crippen LogP contribution in [-0.2, 0) is 0 Å². The van der Waals surface area contributed by atoms with E-state index in [2.05, 4.69) is 25.3 Å². The van der Waals surface area contributed by atoms with Gasteiger partial charge in [0.2, 0.25) is 0 Å². The molecule has 114 valence electrons.